The zero-order valence-electron chi connectivity index (χ0n) is 12.9. The minimum absolute atomic E-state index is 0.0316. The van der Waals surface area contributed by atoms with Crippen LogP contribution in [0.2, 0.25) is 0 Å². The van der Waals surface area contributed by atoms with Crippen LogP contribution in [0.4, 0.5) is 0 Å². The zero-order valence-corrected chi connectivity index (χ0v) is 12.9. The summed E-state index contributed by atoms with van der Waals surface area (Å²) in [6, 6.07) is 4.02. The number of carbonyl (C=O) groups is 1. The zero-order chi connectivity index (χ0) is 15.6. The van der Waals surface area contributed by atoms with Gasteiger partial charge in [-0.05, 0) is 31.9 Å². The summed E-state index contributed by atoms with van der Waals surface area (Å²) in [5, 5.41) is 16.1. The highest BCUT2D eigenvalue weighted by Gasteiger charge is 2.19. The molecule has 114 valence electrons. The van der Waals surface area contributed by atoms with Crippen LogP contribution in [0.15, 0.2) is 18.3 Å². The van der Waals surface area contributed by atoms with Gasteiger partial charge in [-0.3, -0.25) is 9.48 Å². The Morgan fingerprint density at radius 3 is 2.57 bits per heavy atom. The summed E-state index contributed by atoms with van der Waals surface area (Å²) in [6.07, 6.45) is 1.58. The predicted molar refractivity (Wildman–Crippen MR) is 80.6 cm³/mol. The third-order valence-electron chi connectivity index (χ3n) is 3.56. The van der Waals surface area contributed by atoms with E-state index >= 15 is 0 Å². The molecular weight excluding hydrogens is 268 g/mol. The molecule has 2 heterocycles. The van der Waals surface area contributed by atoms with E-state index in [-0.39, 0.29) is 18.4 Å². The van der Waals surface area contributed by atoms with Gasteiger partial charge in [0.25, 0.3) is 5.91 Å². The van der Waals surface area contributed by atoms with Crippen molar-refractivity contribution in [2.24, 2.45) is 13.0 Å². The van der Waals surface area contributed by atoms with Crippen LogP contribution in [0.25, 0.3) is 5.82 Å². The fraction of sp³-hybridized carbons (Fsp3) is 0.467. The van der Waals surface area contributed by atoms with Gasteiger partial charge in [-0.15, -0.1) is 0 Å². The maximum absolute atomic E-state index is 12.4. The number of rotatable bonds is 5. The molecule has 2 aromatic heterocycles. The Morgan fingerprint density at radius 1 is 1.38 bits per heavy atom. The highest BCUT2D eigenvalue weighted by molar-refractivity contribution is 5.97. The lowest BCUT2D eigenvalue weighted by molar-refractivity contribution is 0.0942. The summed E-state index contributed by atoms with van der Waals surface area (Å²) in [5.74, 6) is 0.610. The van der Waals surface area contributed by atoms with Gasteiger partial charge in [0.05, 0.1) is 6.20 Å². The van der Waals surface area contributed by atoms with E-state index in [9.17, 15) is 4.79 Å². The van der Waals surface area contributed by atoms with Crippen LogP contribution in [0.5, 0.6) is 0 Å². The number of carbonyl (C=O) groups excluding carboxylic acids is 1. The van der Waals surface area contributed by atoms with E-state index in [1.165, 1.54) is 0 Å². The number of aliphatic hydroxyl groups is 1. The van der Waals surface area contributed by atoms with Crippen LogP contribution < -0.4 is 5.32 Å². The summed E-state index contributed by atoms with van der Waals surface area (Å²) in [6.45, 7) is 6.36. The molecule has 1 amide bonds. The van der Waals surface area contributed by atoms with Gasteiger partial charge in [0.15, 0.2) is 0 Å². The smallest absolute Gasteiger partial charge is 0.256 e. The molecule has 0 saturated heterocycles. The maximum atomic E-state index is 12.4. The van der Waals surface area contributed by atoms with Crippen molar-refractivity contribution >= 4 is 5.91 Å². The summed E-state index contributed by atoms with van der Waals surface area (Å²) in [7, 11) is 1.82. The number of amides is 1. The topological polar surface area (TPSA) is 72.1 Å². The van der Waals surface area contributed by atoms with Gasteiger partial charge in [-0.2, -0.15) is 5.10 Å². The molecule has 0 aromatic carbocycles. The molecule has 0 bridgehead atoms. The largest absolute Gasteiger partial charge is 0.396 e. The first-order valence-corrected chi connectivity index (χ1v) is 7.02. The van der Waals surface area contributed by atoms with Gasteiger partial charge in [0.2, 0.25) is 0 Å². The SMILES string of the molecule is Cc1ccc(C)n1-c1c(C(=O)NCC(C)CO)cnn1C. The van der Waals surface area contributed by atoms with Crippen LogP contribution in [-0.4, -0.2) is 38.5 Å². The maximum Gasteiger partial charge on any atom is 0.256 e. The molecule has 2 rings (SSSR count). The lowest BCUT2D eigenvalue weighted by Crippen LogP contribution is -2.30. The van der Waals surface area contributed by atoms with E-state index < -0.39 is 0 Å². The molecule has 1 atom stereocenters. The number of nitrogens with one attached hydrogen (secondary N) is 1. The first kappa shape index (κ1) is 15.3. The van der Waals surface area contributed by atoms with Crippen molar-refractivity contribution in [3.8, 4) is 5.82 Å². The second kappa shape index (κ2) is 6.13. The molecule has 2 N–H and O–H groups in total. The lowest BCUT2D eigenvalue weighted by Gasteiger charge is -2.13. The van der Waals surface area contributed by atoms with Crippen LogP contribution in [0.1, 0.15) is 28.7 Å². The molecule has 0 fully saturated rings. The highest BCUT2D eigenvalue weighted by atomic mass is 16.3. The number of hydrogen-bond donors (Lipinski definition) is 2. The highest BCUT2D eigenvalue weighted by Crippen LogP contribution is 2.19. The molecule has 0 radical (unpaired) electrons. The number of aliphatic hydroxyl groups excluding tert-OH is 1. The molecule has 1 unspecified atom stereocenters. The summed E-state index contributed by atoms with van der Waals surface area (Å²) >= 11 is 0. The standard InChI is InChI=1S/C15H22N4O2/c1-10(9-20)7-16-14(21)13-8-17-18(4)15(13)19-11(2)5-6-12(19)3/h5-6,8,10,20H,7,9H2,1-4H3,(H,16,21). The Labute approximate surface area is 124 Å². The van der Waals surface area contributed by atoms with Crippen molar-refractivity contribution in [1.29, 1.82) is 0 Å². The van der Waals surface area contributed by atoms with Crippen LogP contribution in [-0.2, 0) is 7.05 Å². The van der Waals surface area contributed by atoms with Crippen molar-refractivity contribution < 1.29 is 9.90 Å². The minimum atomic E-state index is -0.175. The fourth-order valence-electron chi connectivity index (χ4n) is 2.29. The van der Waals surface area contributed by atoms with E-state index in [4.69, 9.17) is 5.11 Å². The molecule has 0 aliphatic rings. The molecule has 21 heavy (non-hydrogen) atoms. The molecule has 6 nitrogen and oxygen atoms in total. The third-order valence-corrected chi connectivity index (χ3v) is 3.56. The summed E-state index contributed by atoms with van der Waals surface area (Å²) < 4.78 is 3.71. The lowest BCUT2D eigenvalue weighted by atomic mass is 10.2. The second-order valence-electron chi connectivity index (χ2n) is 5.45. The Hall–Kier alpha value is -2.08. The van der Waals surface area contributed by atoms with Gasteiger partial charge in [-0.1, -0.05) is 6.92 Å². The van der Waals surface area contributed by atoms with Crippen LogP contribution in [0.3, 0.4) is 0 Å². The minimum Gasteiger partial charge on any atom is -0.396 e. The molecule has 0 spiro atoms. The number of aromatic nitrogens is 3. The van der Waals surface area contributed by atoms with E-state index in [0.717, 1.165) is 17.2 Å². The number of aryl methyl sites for hydroxylation is 3. The monoisotopic (exact) mass is 290 g/mol. The van der Waals surface area contributed by atoms with E-state index in [1.54, 1.807) is 10.9 Å². The second-order valence-corrected chi connectivity index (χ2v) is 5.45. The van der Waals surface area contributed by atoms with Crippen molar-refractivity contribution in [2.45, 2.75) is 20.8 Å². The van der Waals surface area contributed by atoms with Gasteiger partial charge in [-0.25, -0.2) is 0 Å². The molecule has 0 saturated carbocycles. The van der Waals surface area contributed by atoms with Crippen molar-refractivity contribution in [1.82, 2.24) is 19.7 Å². The summed E-state index contributed by atoms with van der Waals surface area (Å²) in [4.78, 5) is 12.4. The fourth-order valence-corrected chi connectivity index (χ4v) is 2.29. The Balaban J connectivity index is 2.33. The average molecular weight is 290 g/mol. The van der Waals surface area contributed by atoms with Crippen LogP contribution in [0, 0.1) is 19.8 Å². The molecular formula is C15H22N4O2. The van der Waals surface area contributed by atoms with Gasteiger partial charge < -0.3 is 15.0 Å². The first-order valence-electron chi connectivity index (χ1n) is 7.02. The van der Waals surface area contributed by atoms with E-state index in [1.807, 2.05) is 44.5 Å². The van der Waals surface area contributed by atoms with Crippen LogP contribution >= 0.6 is 0 Å². The predicted octanol–water partition coefficient (Wildman–Crippen LogP) is 1.19. The van der Waals surface area contributed by atoms with Crippen molar-refractivity contribution in [3.63, 3.8) is 0 Å². The van der Waals surface area contributed by atoms with Gasteiger partial charge >= 0.3 is 0 Å². The Kier molecular flexibility index (Phi) is 4.47. The Morgan fingerprint density at radius 2 is 2.00 bits per heavy atom. The number of nitrogens with zero attached hydrogens (tertiary/aromatic N) is 3. The van der Waals surface area contributed by atoms with Gasteiger partial charge in [0.1, 0.15) is 11.4 Å². The van der Waals surface area contributed by atoms with Gasteiger partial charge in [0, 0.05) is 31.6 Å². The number of hydrogen-bond acceptors (Lipinski definition) is 3. The molecule has 2 aromatic rings. The third kappa shape index (κ3) is 3.00. The average Bonchev–Trinajstić information content (AvgIpc) is 2.98. The van der Waals surface area contributed by atoms with Crippen molar-refractivity contribution in [3.05, 3.63) is 35.3 Å². The molecule has 0 aliphatic heterocycles. The van der Waals surface area contributed by atoms with E-state index in [2.05, 4.69) is 10.4 Å². The normalized spacial score (nSPS) is 12.4. The summed E-state index contributed by atoms with van der Waals surface area (Å²) in [5.41, 5.74) is 2.63. The first-order chi connectivity index (χ1) is 9.95. The quantitative estimate of drug-likeness (QED) is 0.868. The molecule has 6 heteroatoms. The van der Waals surface area contributed by atoms with E-state index in [0.29, 0.717) is 12.1 Å². The Bertz CT molecular complexity index is 623. The molecule has 0 aliphatic carbocycles. The van der Waals surface area contributed by atoms with Crippen molar-refractivity contribution in [2.75, 3.05) is 13.2 Å².